The summed E-state index contributed by atoms with van der Waals surface area (Å²) in [7, 11) is 1.47. The minimum absolute atomic E-state index is 0.00264. The molecule has 8 nitrogen and oxygen atoms in total. The van der Waals surface area contributed by atoms with Gasteiger partial charge in [-0.3, -0.25) is 14.9 Å². The molecular formula is C24H17Cl2N3O5. The number of rotatable bonds is 8. The molecule has 0 saturated carbocycles. The highest BCUT2D eigenvalue weighted by atomic mass is 35.5. The molecule has 0 fully saturated rings. The Bertz CT molecular complexity index is 1320. The molecule has 172 valence electrons. The highest BCUT2D eigenvalue weighted by molar-refractivity contribution is 6.34. The molecule has 3 rings (SSSR count). The molecule has 34 heavy (non-hydrogen) atoms. The summed E-state index contributed by atoms with van der Waals surface area (Å²) in [6, 6.07) is 17.6. The molecule has 0 spiro atoms. The third kappa shape index (κ3) is 5.84. The smallest absolute Gasteiger partial charge is 0.271 e. The van der Waals surface area contributed by atoms with Gasteiger partial charge in [0.15, 0.2) is 11.5 Å². The first-order valence-corrected chi connectivity index (χ1v) is 10.5. The molecule has 3 aromatic carbocycles. The lowest BCUT2D eigenvalue weighted by Gasteiger charge is -2.14. The van der Waals surface area contributed by atoms with Crippen molar-refractivity contribution in [3.05, 3.63) is 97.5 Å². The zero-order valence-corrected chi connectivity index (χ0v) is 19.3. The van der Waals surface area contributed by atoms with E-state index in [1.54, 1.807) is 30.3 Å². The SMILES string of the molecule is COc1cccc(/C=C(\C#N)C(=O)Nc2cc([N+](=O)[O-])ccc2Cl)c1OCc1ccccc1Cl. The van der Waals surface area contributed by atoms with Gasteiger partial charge in [-0.25, -0.2) is 0 Å². The van der Waals surface area contributed by atoms with Crippen LogP contribution >= 0.6 is 23.2 Å². The van der Waals surface area contributed by atoms with Crippen LogP contribution in [-0.2, 0) is 11.4 Å². The number of nitriles is 1. The van der Waals surface area contributed by atoms with Crippen LogP contribution in [0.3, 0.4) is 0 Å². The Morgan fingerprint density at radius 3 is 2.59 bits per heavy atom. The zero-order valence-electron chi connectivity index (χ0n) is 17.7. The van der Waals surface area contributed by atoms with Crippen molar-refractivity contribution >= 4 is 46.6 Å². The molecule has 0 aliphatic heterocycles. The number of hydrogen-bond acceptors (Lipinski definition) is 6. The molecular weight excluding hydrogens is 481 g/mol. The first-order chi connectivity index (χ1) is 16.3. The van der Waals surface area contributed by atoms with Crippen LogP contribution in [0.4, 0.5) is 11.4 Å². The van der Waals surface area contributed by atoms with Gasteiger partial charge in [0, 0.05) is 28.3 Å². The molecule has 0 aliphatic carbocycles. The Balaban J connectivity index is 1.92. The number of para-hydroxylation sites is 1. The number of benzene rings is 3. The van der Waals surface area contributed by atoms with Crippen LogP contribution < -0.4 is 14.8 Å². The first kappa shape index (κ1) is 24.6. The number of amides is 1. The van der Waals surface area contributed by atoms with Crippen molar-refractivity contribution in [1.29, 1.82) is 5.26 Å². The molecule has 0 aromatic heterocycles. The Morgan fingerprint density at radius 1 is 1.15 bits per heavy atom. The molecule has 0 unspecified atom stereocenters. The van der Waals surface area contributed by atoms with E-state index in [0.717, 1.165) is 11.6 Å². The van der Waals surface area contributed by atoms with Gasteiger partial charge in [0.05, 0.1) is 22.7 Å². The summed E-state index contributed by atoms with van der Waals surface area (Å²) in [4.78, 5) is 23.1. The quantitative estimate of drug-likeness (QED) is 0.175. The lowest BCUT2D eigenvalue weighted by atomic mass is 10.1. The van der Waals surface area contributed by atoms with E-state index in [4.69, 9.17) is 32.7 Å². The molecule has 3 aromatic rings. The summed E-state index contributed by atoms with van der Waals surface area (Å²) < 4.78 is 11.3. The van der Waals surface area contributed by atoms with Gasteiger partial charge in [-0.05, 0) is 24.3 Å². The number of carbonyl (C=O) groups excluding carboxylic acids is 1. The van der Waals surface area contributed by atoms with Crippen LogP contribution in [0.1, 0.15) is 11.1 Å². The van der Waals surface area contributed by atoms with E-state index in [9.17, 15) is 20.2 Å². The monoisotopic (exact) mass is 497 g/mol. The van der Waals surface area contributed by atoms with Crippen molar-refractivity contribution in [2.75, 3.05) is 12.4 Å². The molecule has 1 N–H and O–H groups in total. The van der Waals surface area contributed by atoms with Gasteiger partial charge >= 0.3 is 0 Å². The van der Waals surface area contributed by atoms with Crippen LogP contribution in [0.15, 0.2) is 66.2 Å². The Morgan fingerprint density at radius 2 is 1.91 bits per heavy atom. The van der Waals surface area contributed by atoms with Crippen molar-refractivity contribution in [3.63, 3.8) is 0 Å². The fraction of sp³-hybridized carbons (Fsp3) is 0.0833. The fourth-order valence-electron chi connectivity index (χ4n) is 2.94. The van der Waals surface area contributed by atoms with Crippen LogP contribution in [-0.4, -0.2) is 17.9 Å². The predicted octanol–water partition coefficient (Wildman–Crippen LogP) is 6.03. The lowest BCUT2D eigenvalue weighted by Crippen LogP contribution is -2.14. The second-order valence-electron chi connectivity index (χ2n) is 6.80. The van der Waals surface area contributed by atoms with Gasteiger partial charge in [0.1, 0.15) is 18.2 Å². The third-order valence-corrected chi connectivity index (χ3v) is 5.33. The first-order valence-electron chi connectivity index (χ1n) is 9.74. The maximum Gasteiger partial charge on any atom is 0.271 e. The predicted molar refractivity (Wildman–Crippen MR) is 129 cm³/mol. The van der Waals surface area contributed by atoms with Crippen molar-refractivity contribution in [2.24, 2.45) is 0 Å². The molecule has 0 bridgehead atoms. The average Bonchev–Trinajstić information content (AvgIpc) is 2.83. The maximum absolute atomic E-state index is 12.8. The van der Waals surface area contributed by atoms with Gasteiger partial charge in [0.2, 0.25) is 0 Å². The fourth-order valence-corrected chi connectivity index (χ4v) is 3.30. The highest BCUT2D eigenvalue weighted by Crippen LogP contribution is 2.34. The number of nitrogens with one attached hydrogen (secondary N) is 1. The van der Waals surface area contributed by atoms with Crippen LogP contribution in [0.5, 0.6) is 11.5 Å². The van der Waals surface area contributed by atoms with E-state index in [0.29, 0.717) is 22.1 Å². The summed E-state index contributed by atoms with van der Waals surface area (Å²) in [5, 5.41) is 23.7. The van der Waals surface area contributed by atoms with E-state index in [-0.39, 0.29) is 28.6 Å². The van der Waals surface area contributed by atoms with E-state index in [1.165, 1.54) is 25.3 Å². The van der Waals surface area contributed by atoms with Gasteiger partial charge in [0.25, 0.3) is 11.6 Å². The number of carbonyl (C=O) groups is 1. The Labute approximate surface area is 205 Å². The number of halogens is 2. The summed E-state index contributed by atoms with van der Waals surface area (Å²) in [5.41, 5.74) is 0.610. The van der Waals surface area contributed by atoms with Crippen molar-refractivity contribution in [1.82, 2.24) is 0 Å². The van der Waals surface area contributed by atoms with Gasteiger partial charge < -0.3 is 14.8 Å². The van der Waals surface area contributed by atoms with Crippen molar-refractivity contribution in [2.45, 2.75) is 6.61 Å². The number of anilines is 1. The average molecular weight is 498 g/mol. The molecule has 0 aliphatic rings. The normalized spacial score (nSPS) is 10.8. The molecule has 10 heteroatoms. The van der Waals surface area contributed by atoms with Gasteiger partial charge in [-0.15, -0.1) is 0 Å². The van der Waals surface area contributed by atoms with Gasteiger partial charge in [-0.1, -0.05) is 53.5 Å². The number of methoxy groups -OCH3 is 1. The number of ether oxygens (including phenoxy) is 2. The topological polar surface area (TPSA) is 114 Å². The standard InChI is InChI=1S/C24H17Cl2N3O5/c1-33-22-8-4-6-15(23(22)34-14-16-5-2-3-7-19(16)25)11-17(13-27)24(30)28-21-12-18(29(31)32)9-10-20(21)26/h2-12H,14H2,1H3,(H,28,30)/b17-11+. The van der Waals surface area contributed by atoms with Crippen molar-refractivity contribution in [3.8, 4) is 17.6 Å². The van der Waals surface area contributed by atoms with Crippen LogP contribution in [0.25, 0.3) is 6.08 Å². The van der Waals surface area contributed by atoms with Crippen molar-refractivity contribution < 1.29 is 19.2 Å². The number of nitrogens with zero attached hydrogens (tertiary/aromatic N) is 2. The van der Waals surface area contributed by atoms with Crippen LogP contribution in [0.2, 0.25) is 10.0 Å². The minimum Gasteiger partial charge on any atom is -0.493 e. The Hall–Kier alpha value is -4.06. The highest BCUT2D eigenvalue weighted by Gasteiger charge is 2.17. The summed E-state index contributed by atoms with van der Waals surface area (Å²) >= 11 is 12.2. The van der Waals surface area contributed by atoms with Crippen LogP contribution in [0, 0.1) is 21.4 Å². The summed E-state index contributed by atoms with van der Waals surface area (Å²) in [6.45, 7) is 0.123. The minimum atomic E-state index is -0.801. The van der Waals surface area contributed by atoms with Gasteiger partial charge in [-0.2, -0.15) is 5.26 Å². The molecule has 1 amide bonds. The lowest BCUT2D eigenvalue weighted by molar-refractivity contribution is -0.384. The zero-order chi connectivity index (χ0) is 24.7. The molecule has 0 atom stereocenters. The molecule has 0 saturated heterocycles. The number of nitro benzene ring substituents is 1. The third-order valence-electron chi connectivity index (χ3n) is 4.63. The second kappa shape index (κ2) is 11.2. The van der Waals surface area contributed by atoms with E-state index in [1.807, 2.05) is 18.2 Å². The second-order valence-corrected chi connectivity index (χ2v) is 7.62. The number of hydrogen-bond donors (Lipinski definition) is 1. The summed E-state index contributed by atoms with van der Waals surface area (Å²) in [6.07, 6.45) is 1.32. The largest absolute Gasteiger partial charge is 0.493 e. The van der Waals surface area contributed by atoms with E-state index >= 15 is 0 Å². The summed E-state index contributed by atoms with van der Waals surface area (Å²) in [5.74, 6) is -0.108. The number of nitro groups is 1. The Kier molecular flexibility index (Phi) is 8.09. The molecule has 0 heterocycles. The van der Waals surface area contributed by atoms with E-state index < -0.39 is 10.8 Å². The van der Waals surface area contributed by atoms with E-state index in [2.05, 4.69) is 5.32 Å². The number of non-ortho nitro benzene ring substituents is 1. The maximum atomic E-state index is 12.8. The molecule has 0 radical (unpaired) electrons.